The highest BCUT2D eigenvalue weighted by atomic mass is 32.1. The van der Waals surface area contributed by atoms with E-state index in [-0.39, 0.29) is 6.10 Å². The molecule has 5 heteroatoms. The van der Waals surface area contributed by atoms with E-state index in [2.05, 4.69) is 18.2 Å². The minimum atomic E-state index is -0.214. The third-order valence-corrected chi connectivity index (χ3v) is 6.09. The van der Waals surface area contributed by atoms with Crippen LogP contribution in [0.1, 0.15) is 33.4 Å². The molecule has 1 aliphatic heterocycles. The second kappa shape index (κ2) is 7.43. The molecular weight excluding hydrogens is 380 g/mol. The third-order valence-electron chi connectivity index (χ3n) is 4.98. The average molecular weight is 401 g/mol. The van der Waals surface area contributed by atoms with E-state index in [1.165, 1.54) is 0 Å². The Morgan fingerprint density at radius 3 is 2.48 bits per heavy atom. The standard InChI is InChI=1S/C24H20N2O2S/c1-15-13-18(14-27-2)19-20-22(29-24(19)25-15)21(16-9-5-3-6-10-16)28-23(26-20)17-11-7-4-8-12-17/h3-13,21H,14H2,1-2H3/t21-/m0/s1. The van der Waals surface area contributed by atoms with Crippen LogP contribution in [0.5, 0.6) is 0 Å². The number of fused-ring (bicyclic) bond motifs is 3. The van der Waals surface area contributed by atoms with E-state index >= 15 is 0 Å². The summed E-state index contributed by atoms with van der Waals surface area (Å²) in [6.07, 6.45) is -0.214. The van der Waals surface area contributed by atoms with Crippen molar-refractivity contribution < 1.29 is 9.47 Å². The fourth-order valence-electron chi connectivity index (χ4n) is 3.72. The number of aliphatic imine (C=N–C) groups is 1. The van der Waals surface area contributed by atoms with Crippen LogP contribution >= 0.6 is 11.3 Å². The van der Waals surface area contributed by atoms with Gasteiger partial charge in [-0.2, -0.15) is 0 Å². The molecule has 29 heavy (non-hydrogen) atoms. The second-order valence-electron chi connectivity index (χ2n) is 7.04. The lowest BCUT2D eigenvalue weighted by Gasteiger charge is -2.24. The molecular formula is C24H20N2O2S. The summed E-state index contributed by atoms with van der Waals surface area (Å²) in [4.78, 5) is 11.8. The number of hydrogen-bond acceptors (Lipinski definition) is 5. The Morgan fingerprint density at radius 1 is 1.03 bits per heavy atom. The van der Waals surface area contributed by atoms with Crippen LogP contribution in [0.4, 0.5) is 5.69 Å². The highest BCUT2D eigenvalue weighted by Gasteiger charge is 2.31. The second-order valence-corrected chi connectivity index (χ2v) is 8.07. The van der Waals surface area contributed by atoms with Crippen LogP contribution in [-0.4, -0.2) is 18.0 Å². The van der Waals surface area contributed by atoms with Gasteiger partial charge in [0.1, 0.15) is 4.83 Å². The molecule has 4 nitrogen and oxygen atoms in total. The van der Waals surface area contributed by atoms with Gasteiger partial charge in [-0.25, -0.2) is 9.98 Å². The predicted octanol–water partition coefficient (Wildman–Crippen LogP) is 5.95. The van der Waals surface area contributed by atoms with Crippen LogP contribution in [0.3, 0.4) is 0 Å². The average Bonchev–Trinajstić information content (AvgIpc) is 3.12. The molecule has 0 amide bonds. The summed E-state index contributed by atoms with van der Waals surface area (Å²) < 4.78 is 11.9. The zero-order valence-electron chi connectivity index (χ0n) is 16.3. The summed E-state index contributed by atoms with van der Waals surface area (Å²) in [6, 6.07) is 22.4. The van der Waals surface area contributed by atoms with E-state index < -0.39 is 0 Å². The zero-order valence-corrected chi connectivity index (χ0v) is 17.1. The maximum absolute atomic E-state index is 6.45. The highest BCUT2D eigenvalue weighted by Crippen LogP contribution is 2.48. The highest BCUT2D eigenvalue weighted by molar-refractivity contribution is 7.19. The van der Waals surface area contributed by atoms with Crippen molar-refractivity contribution in [2.24, 2.45) is 4.99 Å². The van der Waals surface area contributed by atoms with Gasteiger partial charge < -0.3 is 9.47 Å². The Kier molecular flexibility index (Phi) is 4.62. The van der Waals surface area contributed by atoms with E-state index in [4.69, 9.17) is 19.5 Å². The van der Waals surface area contributed by atoms with Gasteiger partial charge in [-0.3, -0.25) is 0 Å². The first-order valence-corrected chi connectivity index (χ1v) is 10.3. The Labute approximate surface area is 173 Å². The molecule has 2 aromatic heterocycles. The number of thiophene rings is 1. The van der Waals surface area contributed by atoms with Crippen molar-refractivity contribution in [3.05, 3.63) is 94.0 Å². The van der Waals surface area contributed by atoms with Crippen LogP contribution in [0.25, 0.3) is 10.2 Å². The van der Waals surface area contributed by atoms with Gasteiger partial charge in [-0.05, 0) is 36.2 Å². The lowest BCUT2D eigenvalue weighted by atomic mass is 10.0. The summed E-state index contributed by atoms with van der Waals surface area (Å²) in [5, 5.41) is 1.06. The maximum Gasteiger partial charge on any atom is 0.222 e. The van der Waals surface area contributed by atoms with E-state index in [9.17, 15) is 0 Å². The Bertz CT molecular complexity index is 1200. The molecule has 0 unspecified atom stereocenters. The topological polar surface area (TPSA) is 43.7 Å². The minimum absolute atomic E-state index is 0.214. The molecule has 0 bridgehead atoms. The van der Waals surface area contributed by atoms with E-state index in [0.717, 1.165) is 43.2 Å². The summed E-state index contributed by atoms with van der Waals surface area (Å²) >= 11 is 1.66. The fourth-order valence-corrected chi connectivity index (χ4v) is 4.99. The molecule has 3 heterocycles. The number of nitrogens with zero attached hydrogens (tertiary/aromatic N) is 2. The van der Waals surface area contributed by atoms with Crippen molar-refractivity contribution >= 4 is 33.1 Å². The van der Waals surface area contributed by atoms with Crippen molar-refractivity contribution in [2.45, 2.75) is 19.6 Å². The van der Waals surface area contributed by atoms with Gasteiger partial charge in [0.25, 0.3) is 0 Å². The van der Waals surface area contributed by atoms with Crippen molar-refractivity contribution in [2.75, 3.05) is 7.11 Å². The first-order valence-electron chi connectivity index (χ1n) is 9.52. The molecule has 144 valence electrons. The van der Waals surface area contributed by atoms with Crippen LogP contribution in [0, 0.1) is 6.92 Å². The van der Waals surface area contributed by atoms with E-state index in [1.807, 2.05) is 55.5 Å². The number of aromatic nitrogens is 1. The van der Waals surface area contributed by atoms with Crippen LogP contribution in [0.2, 0.25) is 0 Å². The van der Waals surface area contributed by atoms with Gasteiger partial charge in [0.15, 0.2) is 6.10 Å². The number of methoxy groups -OCH3 is 1. The lowest BCUT2D eigenvalue weighted by molar-refractivity contribution is 0.186. The molecule has 1 aliphatic rings. The number of benzene rings is 2. The molecule has 0 aliphatic carbocycles. The molecule has 0 saturated carbocycles. The quantitative estimate of drug-likeness (QED) is 0.425. The normalized spacial score (nSPS) is 15.7. The first kappa shape index (κ1) is 18.0. The predicted molar refractivity (Wildman–Crippen MR) is 117 cm³/mol. The van der Waals surface area contributed by atoms with Crippen molar-refractivity contribution in [3.8, 4) is 0 Å². The summed E-state index contributed by atoms with van der Waals surface area (Å²) in [5.74, 6) is 0.635. The van der Waals surface area contributed by atoms with E-state index in [0.29, 0.717) is 12.5 Å². The third kappa shape index (κ3) is 3.22. The number of hydrogen-bond donors (Lipinski definition) is 0. The smallest absolute Gasteiger partial charge is 0.222 e. The Hall–Kier alpha value is -3.02. The fraction of sp³-hybridized carbons (Fsp3) is 0.167. The number of pyridine rings is 1. The van der Waals surface area contributed by atoms with Gasteiger partial charge in [-0.1, -0.05) is 48.5 Å². The van der Waals surface area contributed by atoms with Gasteiger partial charge in [0.05, 0.1) is 17.2 Å². The summed E-state index contributed by atoms with van der Waals surface area (Å²) in [5.41, 5.74) is 5.11. The van der Waals surface area contributed by atoms with Gasteiger partial charge in [-0.15, -0.1) is 11.3 Å². The minimum Gasteiger partial charge on any atom is -0.463 e. The van der Waals surface area contributed by atoms with E-state index in [1.54, 1.807) is 18.4 Å². The summed E-state index contributed by atoms with van der Waals surface area (Å²) in [6.45, 7) is 2.54. The van der Waals surface area contributed by atoms with Gasteiger partial charge in [0, 0.05) is 23.8 Å². The lowest BCUT2D eigenvalue weighted by Crippen LogP contribution is -2.16. The Balaban J connectivity index is 1.78. The molecule has 0 spiro atoms. The van der Waals surface area contributed by atoms with Crippen LogP contribution < -0.4 is 0 Å². The maximum atomic E-state index is 6.45. The molecule has 0 saturated heterocycles. The summed E-state index contributed by atoms with van der Waals surface area (Å²) in [7, 11) is 1.72. The number of ether oxygens (including phenoxy) is 2. The molecule has 5 rings (SSSR count). The van der Waals surface area contributed by atoms with Crippen molar-refractivity contribution in [3.63, 3.8) is 0 Å². The van der Waals surface area contributed by atoms with Crippen LogP contribution in [-0.2, 0) is 16.1 Å². The van der Waals surface area contributed by atoms with Gasteiger partial charge in [0.2, 0.25) is 5.90 Å². The molecule has 0 radical (unpaired) electrons. The number of aryl methyl sites for hydroxylation is 1. The zero-order chi connectivity index (χ0) is 19.8. The van der Waals surface area contributed by atoms with Crippen molar-refractivity contribution in [1.29, 1.82) is 0 Å². The number of rotatable bonds is 4. The Morgan fingerprint density at radius 2 is 1.76 bits per heavy atom. The van der Waals surface area contributed by atoms with Crippen molar-refractivity contribution in [1.82, 2.24) is 4.98 Å². The van der Waals surface area contributed by atoms with Gasteiger partial charge >= 0.3 is 0 Å². The molecule has 0 N–H and O–H groups in total. The largest absolute Gasteiger partial charge is 0.463 e. The molecule has 0 fully saturated rings. The first-order chi connectivity index (χ1) is 14.2. The van der Waals surface area contributed by atoms with Crippen LogP contribution in [0.15, 0.2) is 71.7 Å². The SMILES string of the molecule is COCc1cc(C)nc2sc3c(c12)N=C(c1ccccc1)O[C@H]3c1ccccc1. The monoisotopic (exact) mass is 400 g/mol. The molecule has 2 aromatic carbocycles. The molecule has 1 atom stereocenters. The molecule has 4 aromatic rings.